The van der Waals surface area contributed by atoms with E-state index < -0.39 is 0 Å². The van der Waals surface area contributed by atoms with Crippen molar-refractivity contribution in [3.8, 4) is 11.5 Å². The lowest BCUT2D eigenvalue weighted by atomic mass is 9.71. The highest BCUT2D eigenvalue weighted by Gasteiger charge is 2.30. The van der Waals surface area contributed by atoms with E-state index in [1.807, 2.05) is 54.6 Å². The highest BCUT2D eigenvalue weighted by Crippen LogP contribution is 2.47. The van der Waals surface area contributed by atoms with E-state index in [0.29, 0.717) is 11.1 Å². The first-order chi connectivity index (χ1) is 21.6. The predicted molar refractivity (Wildman–Crippen MR) is 177 cm³/mol. The number of rotatable bonds is 9. The van der Waals surface area contributed by atoms with Crippen LogP contribution in [0.5, 0.6) is 11.5 Å². The number of aryl methyl sites for hydroxylation is 1. The minimum Gasteiger partial charge on any atom is -0.497 e. The van der Waals surface area contributed by atoms with Crippen molar-refractivity contribution in [3.05, 3.63) is 129 Å². The van der Waals surface area contributed by atoms with Crippen molar-refractivity contribution in [3.63, 3.8) is 0 Å². The van der Waals surface area contributed by atoms with E-state index in [4.69, 9.17) is 9.47 Å². The molecule has 0 aliphatic heterocycles. The number of hydrogen-bond donors (Lipinski definition) is 0. The van der Waals surface area contributed by atoms with Crippen LogP contribution in [0.25, 0.3) is 11.6 Å². The fraction of sp³-hybridized carbons (Fsp3) is 0.300. The van der Waals surface area contributed by atoms with Crippen LogP contribution in [0, 0.1) is 5.92 Å². The molecular formula is C40H40O4. The second kappa shape index (κ2) is 13.5. The van der Waals surface area contributed by atoms with Gasteiger partial charge in [0.25, 0.3) is 0 Å². The molecule has 0 spiro atoms. The monoisotopic (exact) mass is 584 g/mol. The van der Waals surface area contributed by atoms with E-state index in [2.05, 4.69) is 24.3 Å². The summed E-state index contributed by atoms with van der Waals surface area (Å²) in [6, 6.07) is 19.0. The van der Waals surface area contributed by atoms with Gasteiger partial charge < -0.3 is 9.47 Å². The molecule has 0 N–H and O–H groups in total. The average molecular weight is 585 g/mol. The number of carbonyl (C=O) groups excluding carboxylic acids is 2. The average Bonchev–Trinajstić information content (AvgIpc) is 3.09. The molecule has 4 heteroatoms. The molecule has 6 rings (SSSR count). The number of ether oxygens (including phenoxy) is 2. The first-order valence-electron chi connectivity index (χ1n) is 15.9. The van der Waals surface area contributed by atoms with Gasteiger partial charge in [0.05, 0.1) is 14.2 Å². The van der Waals surface area contributed by atoms with Gasteiger partial charge in [-0.25, -0.2) is 0 Å². The number of hydrogen-bond acceptors (Lipinski definition) is 4. The number of benzene rings is 3. The standard InChI is InChI=1S/C40H40O4/c1-43-33-21-15-29(16-22-33)37(41)25-19-31-13-11-27-7-3-5-9-35(27)39(31)40-32(14-12-28-8-4-6-10-36(28)40)20-26-38(42)30-17-23-34(44-2)24-18-30/h11-13,15-26,32H,3-10,14H2,1-2H3/b25-19-,26-20-/t32-/m1/s1. The molecule has 3 aliphatic carbocycles. The zero-order chi connectivity index (χ0) is 30.5. The zero-order valence-corrected chi connectivity index (χ0v) is 25.7. The van der Waals surface area contributed by atoms with Gasteiger partial charge >= 0.3 is 0 Å². The molecule has 0 aromatic heterocycles. The Kier molecular flexibility index (Phi) is 9.07. The highest BCUT2D eigenvalue weighted by atomic mass is 16.5. The summed E-state index contributed by atoms with van der Waals surface area (Å²) in [7, 11) is 3.25. The lowest BCUT2D eigenvalue weighted by Crippen LogP contribution is -2.17. The Bertz CT molecular complexity index is 1670. The fourth-order valence-corrected chi connectivity index (χ4v) is 6.96. The van der Waals surface area contributed by atoms with Crippen LogP contribution >= 0.6 is 0 Å². The van der Waals surface area contributed by atoms with Crippen LogP contribution in [0.1, 0.15) is 87.9 Å². The minimum atomic E-state index is -0.0302. The SMILES string of the molecule is COc1ccc(C(=O)/C=C\c2ccc3c(c2C2=C4CCCCC4=CC[C@@H]2/C=C\C(=O)c2ccc(OC)cc2)CCCC3)cc1. The Hall–Kier alpha value is -4.44. The molecule has 3 aromatic rings. The molecule has 224 valence electrons. The Labute approximate surface area is 260 Å². The van der Waals surface area contributed by atoms with Crippen LogP contribution in [0.3, 0.4) is 0 Å². The molecule has 0 amide bonds. The zero-order valence-electron chi connectivity index (χ0n) is 25.7. The van der Waals surface area contributed by atoms with Crippen molar-refractivity contribution in [1.29, 1.82) is 0 Å². The second-order valence-electron chi connectivity index (χ2n) is 11.9. The maximum absolute atomic E-state index is 13.2. The van der Waals surface area contributed by atoms with E-state index >= 15 is 0 Å². The largest absolute Gasteiger partial charge is 0.497 e. The van der Waals surface area contributed by atoms with Gasteiger partial charge in [-0.05, 0) is 157 Å². The third-order valence-electron chi connectivity index (χ3n) is 9.30. The van der Waals surface area contributed by atoms with Gasteiger partial charge in [-0.15, -0.1) is 0 Å². The Morgan fingerprint density at radius 1 is 0.705 bits per heavy atom. The third kappa shape index (κ3) is 6.26. The predicted octanol–water partition coefficient (Wildman–Crippen LogP) is 9.19. The summed E-state index contributed by atoms with van der Waals surface area (Å²) in [5, 5.41) is 0. The van der Waals surface area contributed by atoms with Gasteiger partial charge in [-0.1, -0.05) is 30.4 Å². The van der Waals surface area contributed by atoms with Crippen LogP contribution in [0.4, 0.5) is 0 Å². The third-order valence-corrected chi connectivity index (χ3v) is 9.30. The smallest absolute Gasteiger partial charge is 0.185 e. The molecule has 1 saturated carbocycles. The molecule has 0 heterocycles. The van der Waals surface area contributed by atoms with Crippen molar-refractivity contribution in [2.45, 2.75) is 57.8 Å². The molecule has 0 unspecified atom stereocenters. The summed E-state index contributed by atoms with van der Waals surface area (Å²) in [6.45, 7) is 0. The van der Waals surface area contributed by atoms with E-state index in [-0.39, 0.29) is 17.5 Å². The molecule has 1 atom stereocenters. The molecule has 1 fully saturated rings. The number of carbonyl (C=O) groups is 2. The van der Waals surface area contributed by atoms with Crippen molar-refractivity contribution in [2.75, 3.05) is 14.2 Å². The lowest BCUT2D eigenvalue weighted by Gasteiger charge is -2.34. The van der Waals surface area contributed by atoms with E-state index in [1.165, 1.54) is 59.1 Å². The topological polar surface area (TPSA) is 52.6 Å². The van der Waals surface area contributed by atoms with E-state index in [0.717, 1.165) is 49.2 Å². The summed E-state index contributed by atoms with van der Waals surface area (Å²) >= 11 is 0. The molecule has 44 heavy (non-hydrogen) atoms. The minimum absolute atomic E-state index is 0.00396. The first kappa shape index (κ1) is 29.6. The maximum Gasteiger partial charge on any atom is 0.185 e. The molecule has 4 nitrogen and oxygen atoms in total. The maximum atomic E-state index is 13.2. The Morgan fingerprint density at radius 2 is 1.32 bits per heavy atom. The highest BCUT2D eigenvalue weighted by molar-refractivity contribution is 6.07. The summed E-state index contributed by atoms with van der Waals surface area (Å²) in [5.41, 5.74) is 10.8. The normalized spacial score (nSPS) is 18.1. The Balaban J connectivity index is 1.41. The molecular weight excluding hydrogens is 544 g/mol. The van der Waals surface area contributed by atoms with Gasteiger partial charge in [0.2, 0.25) is 0 Å². The molecule has 0 bridgehead atoms. The van der Waals surface area contributed by atoms with Gasteiger partial charge in [0.15, 0.2) is 11.6 Å². The van der Waals surface area contributed by atoms with Crippen LogP contribution in [0.2, 0.25) is 0 Å². The van der Waals surface area contributed by atoms with Crippen LogP contribution in [-0.4, -0.2) is 25.8 Å². The quantitative estimate of drug-likeness (QED) is 0.186. The summed E-state index contributed by atoms with van der Waals surface area (Å²) < 4.78 is 10.5. The molecule has 0 saturated heterocycles. The summed E-state index contributed by atoms with van der Waals surface area (Å²) in [5.74, 6) is 1.52. The number of ketones is 2. The summed E-state index contributed by atoms with van der Waals surface area (Å²) in [4.78, 5) is 26.5. The van der Waals surface area contributed by atoms with Crippen molar-refractivity contribution >= 4 is 23.2 Å². The van der Waals surface area contributed by atoms with Gasteiger partial charge in [0, 0.05) is 17.0 Å². The van der Waals surface area contributed by atoms with Crippen molar-refractivity contribution in [2.24, 2.45) is 5.92 Å². The summed E-state index contributed by atoms with van der Waals surface area (Å²) in [6.07, 6.45) is 19.9. The van der Waals surface area contributed by atoms with E-state index in [9.17, 15) is 9.59 Å². The first-order valence-corrected chi connectivity index (χ1v) is 15.9. The molecule has 3 aromatic carbocycles. The van der Waals surface area contributed by atoms with Crippen LogP contribution < -0.4 is 9.47 Å². The molecule has 0 radical (unpaired) electrons. The number of methoxy groups -OCH3 is 2. The fourth-order valence-electron chi connectivity index (χ4n) is 6.96. The lowest BCUT2D eigenvalue weighted by molar-refractivity contribution is 0.103. The van der Waals surface area contributed by atoms with Gasteiger partial charge in [-0.2, -0.15) is 0 Å². The van der Waals surface area contributed by atoms with E-state index in [1.54, 1.807) is 26.4 Å². The Morgan fingerprint density at radius 3 is 2.00 bits per heavy atom. The van der Waals surface area contributed by atoms with Crippen molar-refractivity contribution in [1.82, 2.24) is 0 Å². The van der Waals surface area contributed by atoms with Crippen LogP contribution in [-0.2, 0) is 12.8 Å². The number of fused-ring (bicyclic) bond motifs is 2. The van der Waals surface area contributed by atoms with Gasteiger partial charge in [0.1, 0.15) is 11.5 Å². The van der Waals surface area contributed by atoms with Gasteiger partial charge in [-0.3, -0.25) is 9.59 Å². The van der Waals surface area contributed by atoms with Crippen LogP contribution in [0.15, 0.2) is 96.1 Å². The number of allylic oxidation sites excluding steroid dienone is 7. The van der Waals surface area contributed by atoms with Crippen molar-refractivity contribution < 1.29 is 19.1 Å². The molecule has 3 aliphatic rings. The second-order valence-corrected chi connectivity index (χ2v) is 11.9.